The van der Waals surface area contributed by atoms with Crippen molar-refractivity contribution in [3.63, 3.8) is 0 Å². The second-order valence-electron chi connectivity index (χ2n) is 7.36. The first-order valence-electron chi connectivity index (χ1n) is 10.7. The van der Waals surface area contributed by atoms with Gasteiger partial charge in [0.05, 0.1) is 19.4 Å². The molecule has 3 aliphatic heterocycles. The molecule has 0 aromatic carbocycles. The highest BCUT2D eigenvalue weighted by atomic mass is 16.1. The van der Waals surface area contributed by atoms with Gasteiger partial charge in [-0.3, -0.25) is 24.5 Å². The van der Waals surface area contributed by atoms with Crippen molar-refractivity contribution in [3.8, 4) is 0 Å². The van der Waals surface area contributed by atoms with Crippen LogP contribution in [-0.2, 0) is 4.79 Å². The molecule has 0 aliphatic carbocycles. The third-order valence-electron chi connectivity index (χ3n) is 4.95. The third kappa shape index (κ3) is 10.9. The number of hydrogen-bond donors (Lipinski definition) is 4. The number of unbranched alkanes of at least 4 members (excludes halogenated alkanes) is 1. The highest BCUT2D eigenvalue weighted by Gasteiger charge is 2.34. The van der Waals surface area contributed by atoms with Crippen molar-refractivity contribution in [1.29, 1.82) is 0 Å². The topological polar surface area (TPSA) is 151 Å². The third-order valence-corrected chi connectivity index (χ3v) is 4.95. The molecule has 10 heteroatoms. The summed E-state index contributed by atoms with van der Waals surface area (Å²) in [5.41, 5.74) is 11.6. The number of rotatable bonds is 6. The zero-order valence-electron chi connectivity index (χ0n) is 19.0. The molecule has 6 N–H and O–H groups in total. The molecular weight excluding hydrogens is 408 g/mol. The molecule has 4 rings (SSSR count). The van der Waals surface area contributed by atoms with Crippen molar-refractivity contribution in [1.82, 2.24) is 20.5 Å². The standard InChI is InChI=1S/C11H16N4O.C6H6N2O.C5H14N2/c1-15-10-2-11(15)6-14-8-13-4-9(7-16)3-12-5-10;7-6-2-1-5(4-9)3-8-6;1-7-5-3-2-4-6/h3-4,7-8,10-11H,2,5-6H2,1H3,(H,13,14);1-4H,(H2,7,8);7H,2-6H2,1H3/b9-4+,12-3?;;/t10-,11+;;/m1../s1. The lowest BCUT2D eigenvalue weighted by molar-refractivity contribution is -0.104. The second-order valence-corrected chi connectivity index (χ2v) is 7.36. The molecule has 0 saturated carbocycles. The van der Waals surface area contributed by atoms with Crippen molar-refractivity contribution in [2.75, 3.05) is 46.0 Å². The van der Waals surface area contributed by atoms with E-state index in [0.717, 1.165) is 51.6 Å². The molecule has 0 amide bonds. The average Bonchev–Trinajstić information content (AvgIpc) is 2.80. The molecule has 2 atom stereocenters. The number of anilines is 1. The number of aliphatic imine (C=N–C) groups is 2. The average molecular weight is 445 g/mol. The number of fused-ring (bicyclic) bond motifs is 5. The lowest BCUT2D eigenvalue weighted by Crippen LogP contribution is -2.56. The number of likely N-dealkylation sites (N-methyl/N-ethyl adjacent to an activating group) is 1. The summed E-state index contributed by atoms with van der Waals surface area (Å²) in [5.74, 6) is 0.431. The normalized spacial score (nSPS) is 21.4. The minimum atomic E-state index is 0.431. The van der Waals surface area contributed by atoms with E-state index in [1.165, 1.54) is 12.6 Å². The monoisotopic (exact) mass is 444 g/mol. The highest BCUT2D eigenvalue weighted by molar-refractivity contribution is 6.01. The van der Waals surface area contributed by atoms with E-state index < -0.39 is 0 Å². The maximum absolute atomic E-state index is 10.7. The first-order valence-corrected chi connectivity index (χ1v) is 10.7. The van der Waals surface area contributed by atoms with Crippen LogP contribution in [0.25, 0.3) is 0 Å². The molecule has 0 unspecified atom stereocenters. The molecule has 3 aliphatic rings. The van der Waals surface area contributed by atoms with Crippen LogP contribution in [0.2, 0.25) is 0 Å². The Morgan fingerprint density at radius 2 is 1.94 bits per heavy atom. The SMILES string of the molecule is CN1[C@@H]2CN=CN/C=C(/C=O)C=NC[C@H]1C2.CNCCCCN.Nc1ccc(C=O)cn1. The summed E-state index contributed by atoms with van der Waals surface area (Å²) in [5, 5.41) is 5.91. The molecule has 4 heterocycles. The Hall–Kier alpha value is -2.95. The van der Waals surface area contributed by atoms with Gasteiger partial charge in [0.1, 0.15) is 5.82 Å². The maximum atomic E-state index is 10.7. The smallest absolute Gasteiger partial charge is 0.153 e. The Labute approximate surface area is 190 Å². The fraction of sp³-hybridized carbons (Fsp3) is 0.500. The number of carbonyl (C=O) groups excluding carboxylic acids is 2. The summed E-state index contributed by atoms with van der Waals surface area (Å²) in [6, 6.07) is 4.24. The number of nitrogens with one attached hydrogen (secondary N) is 2. The van der Waals surface area contributed by atoms with Gasteiger partial charge in [-0.25, -0.2) is 4.98 Å². The molecule has 32 heavy (non-hydrogen) atoms. The fourth-order valence-corrected chi connectivity index (χ4v) is 2.89. The summed E-state index contributed by atoms with van der Waals surface area (Å²) in [6.45, 7) is 3.47. The first-order chi connectivity index (χ1) is 15.5. The summed E-state index contributed by atoms with van der Waals surface area (Å²) < 4.78 is 0. The van der Waals surface area contributed by atoms with Crippen LogP contribution in [0, 0.1) is 0 Å². The van der Waals surface area contributed by atoms with Crippen molar-refractivity contribution < 1.29 is 9.59 Å². The van der Waals surface area contributed by atoms with Gasteiger partial charge in [-0.15, -0.1) is 0 Å². The van der Waals surface area contributed by atoms with E-state index in [1.54, 1.807) is 30.9 Å². The van der Waals surface area contributed by atoms with Crippen LogP contribution in [0.1, 0.15) is 29.6 Å². The number of allylic oxidation sites excluding steroid dienone is 1. The summed E-state index contributed by atoms with van der Waals surface area (Å²) in [4.78, 5) is 35.2. The highest BCUT2D eigenvalue weighted by Crippen LogP contribution is 2.23. The molecular formula is C22H36N8O2. The molecule has 1 aromatic rings. The van der Waals surface area contributed by atoms with Gasteiger partial charge in [-0.1, -0.05) is 0 Å². The maximum Gasteiger partial charge on any atom is 0.153 e. The second kappa shape index (κ2) is 16.7. The van der Waals surface area contributed by atoms with E-state index in [1.807, 2.05) is 7.05 Å². The molecule has 0 radical (unpaired) electrons. The largest absolute Gasteiger partial charge is 0.384 e. The number of nitrogens with zero attached hydrogens (tertiary/aromatic N) is 4. The Morgan fingerprint density at radius 3 is 2.50 bits per heavy atom. The van der Waals surface area contributed by atoms with Gasteiger partial charge in [0.15, 0.2) is 12.6 Å². The Balaban J connectivity index is 0.000000271. The van der Waals surface area contributed by atoms with Crippen LogP contribution in [0.3, 0.4) is 0 Å². The van der Waals surface area contributed by atoms with Crippen molar-refractivity contribution in [2.45, 2.75) is 31.3 Å². The number of carbonyl (C=O) groups is 2. The van der Waals surface area contributed by atoms with E-state index in [-0.39, 0.29) is 0 Å². The minimum Gasteiger partial charge on any atom is -0.384 e. The van der Waals surface area contributed by atoms with Gasteiger partial charge in [0.25, 0.3) is 0 Å². The van der Waals surface area contributed by atoms with Gasteiger partial charge >= 0.3 is 0 Å². The van der Waals surface area contributed by atoms with E-state index in [4.69, 9.17) is 11.5 Å². The van der Waals surface area contributed by atoms with Gasteiger partial charge in [-0.05, 0) is 58.6 Å². The van der Waals surface area contributed by atoms with Crippen LogP contribution < -0.4 is 22.1 Å². The number of nitrogen functional groups attached to an aromatic ring is 1. The molecule has 1 aromatic heterocycles. The van der Waals surface area contributed by atoms with Crippen LogP contribution in [0.5, 0.6) is 0 Å². The Bertz CT molecular complexity index is 745. The molecule has 10 nitrogen and oxygen atoms in total. The lowest BCUT2D eigenvalue weighted by Gasteiger charge is -2.45. The van der Waals surface area contributed by atoms with Crippen molar-refractivity contribution in [3.05, 3.63) is 35.7 Å². The van der Waals surface area contributed by atoms with E-state index in [0.29, 0.717) is 29.0 Å². The number of pyridine rings is 1. The molecule has 1 saturated heterocycles. The van der Waals surface area contributed by atoms with Crippen LogP contribution in [0.15, 0.2) is 40.1 Å². The van der Waals surface area contributed by atoms with Crippen molar-refractivity contribution >= 4 is 30.9 Å². The van der Waals surface area contributed by atoms with Crippen LogP contribution in [0.4, 0.5) is 5.82 Å². The van der Waals surface area contributed by atoms with E-state index in [9.17, 15) is 9.59 Å². The number of hydrogen-bond acceptors (Lipinski definition) is 10. The van der Waals surface area contributed by atoms with Gasteiger partial charge in [-0.2, -0.15) is 0 Å². The molecule has 1 fully saturated rings. The van der Waals surface area contributed by atoms with Gasteiger partial charge < -0.3 is 22.1 Å². The lowest BCUT2D eigenvalue weighted by atomic mass is 9.94. The molecule has 2 bridgehead atoms. The number of nitrogens with two attached hydrogens (primary N) is 2. The van der Waals surface area contributed by atoms with E-state index in [2.05, 4.69) is 37.5 Å². The summed E-state index contributed by atoms with van der Waals surface area (Å²) >= 11 is 0. The first kappa shape index (κ1) is 27.1. The zero-order chi connectivity index (χ0) is 23.6. The number of aromatic nitrogens is 1. The van der Waals surface area contributed by atoms with E-state index >= 15 is 0 Å². The summed E-state index contributed by atoms with van der Waals surface area (Å²) in [6.07, 6.45) is 11.3. The van der Waals surface area contributed by atoms with Crippen LogP contribution in [-0.4, -0.2) is 87.4 Å². The Kier molecular flexibility index (Phi) is 14.1. The minimum absolute atomic E-state index is 0.431. The quantitative estimate of drug-likeness (QED) is 0.360. The van der Waals surface area contributed by atoms with Gasteiger partial charge in [0.2, 0.25) is 0 Å². The zero-order valence-corrected chi connectivity index (χ0v) is 19.0. The van der Waals surface area contributed by atoms with Crippen LogP contribution >= 0.6 is 0 Å². The number of aldehydes is 2. The summed E-state index contributed by atoms with van der Waals surface area (Å²) in [7, 11) is 4.05. The Morgan fingerprint density at radius 1 is 1.19 bits per heavy atom. The van der Waals surface area contributed by atoms with Gasteiger partial charge in [0, 0.05) is 41.8 Å². The fourth-order valence-electron chi connectivity index (χ4n) is 2.89. The molecule has 176 valence electrons. The predicted molar refractivity (Wildman–Crippen MR) is 130 cm³/mol. The molecule has 0 spiro atoms. The van der Waals surface area contributed by atoms with Crippen molar-refractivity contribution in [2.24, 2.45) is 15.7 Å². The predicted octanol–water partition coefficient (Wildman–Crippen LogP) is 0.265.